The Bertz CT molecular complexity index is 195. The monoisotopic (exact) mass is 260 g/mol. The number of carbonyl (C=O) groups excluding carboxylic acids is 1. The first kappa shape index (κ1) is 15.7. The summed E-state index contributed by atoms with van der Waals surface area (Å²) in [6, 6.07) is 0. The molecule has 0 bridgehead atoms. The second-order valence-electron chi connectivity index (χ2n) is 2.24. The molecular weight excluding hydrogens is 248 g/mol. The summed E-state index contributed by atoms with van der Waals surface area (Å²) < 4.78 is 19.3. The van der Waals surface area contributed by atoms with Crippen LogP contribution >= 0.6 is 7.82 Å². The number of hydrogen-bond donors (Lipinski definition) is 1. The Morgan fingerprint density at radius 3 is 2.46 bits per heavy atom. The second kappa shape index (κ2) is 7.63. The van der Waals surface area contributed by atoms with Crippen molar-refractivity contribution < 1.29 is 42.8 Å². The fraction of sp³-hybridized carbons (Fsp3) is 0.833. The molecule has 0 heterocycles. The number of unbranched alkanes of at least 4 members (excludes halogenated alkanes) is 1. The Balaban J connectivity index is 0. The average molecular weight is 262 g/mol. The van der Waals surface area contributed by atoms with E-state index in [1.54, 1.807) is 0 Å². The molecule has 5 nitrogen and oxygen atoms in total. The minimum absolute atomic E-state index is 0. The normalized spacial score (nSPS) is 14.1. The first-order valence-electron chi connectivity index (χ1n) is 3.65. The number of carbonyl (C=O) groups is 1. The Hall–Kier alpha value is 0.243. The fourth-order valence-corrected chi connectivity index (χ4v) is 1.25. The van der Waals surface area contributed by atoms with E-state index in [0.29, 0.717) is 6.42 Å². The van der Waals surface area contributed by atoms with Crippen molar-refractivity contribution in [2.24, 2.45) is 0 Å². The predicted octanol–water partition coefficient (Wildman–Crippen LogP) is 1.46. The van der Waals surface area contributed by atoms with Crippen LogP contribution in [0.25, 0.3) is 0 Å². The van der Waals surface area contributed by atoms with Gasteiger partial charge in [0.15, 0.2) is 0 Å². The summed E-state index contributed by atoms with van der Waals surface area (Å²) in [5.41, 5.74) is 0. The third-order valence-corrected chi connectivity index (χ3v) is 1.99. The van der Waals surface area contributed by atoms with Gasteiger partial charge in [-0.3, -0.25) is 14.2 Å². The summed E-state index contributed by atoms with van der Waals surface area (Å²) in [4.78, 5) is 19.1. The smallest absolute Gasteiger partial charge is 0.371 e. The molecular formula is C6H13O5PZn. The van der Waals surface area contributed by atoms with Gasteiger partial charge < -0.3 is 4.52 Å². The van der Waals surface area contributed by atoms with Crippen molar-refractivity contribution >= 4 is 13.8 Å². The van der Waals surface area contributed by atoms with Crippen LogP contribution < -0.4 is 0 Å². The molecule has 13 heavy (non-hydrogen) atoms. The Labute approximate surface area is 90.2 Å². The SMILES string of the molecule is CCCCOP(=O)(O)OC(C)=O.[Zn]. The summed E-state index contributed by atoms with van der Waals surface area (Å²) in [5, 5.41) is 0. The van der Waals surface area contributed by atoms with Crippen molar-refractivity contribution in [3.05, 3.63) is 0 Å². The molecule has 0 aromatic carbocycles. The van der Waals surface area contributed by atoms with Crippen molar-refractivity contribution in [1.29, 1.82) is 0 Å². The third kappa shape index (κ3) is 10.2. The Morgan fingerprint density at radius 2 is 2.08 bits per heavy atom. The maximum Gasteiger partial charge on any atom is 0.529 e. The van der Waals surface area contributed by atoms with Crippen LogP contribution in [0, 0.1) is 0 Å². The van der Waals surface area contributed by atoms with E-state index in [4.69, 9.17) is 4.89 Å². The van der Waals surface area contributed by atoms with Gasteiger partial charge in [-0.05, 0) is 6.42 Å². The molecule has 0 rings (SSSR count). The molecule has 7 heteroatoms. The molecule has 0 radical (unpaired) electrons. The van der Waals surface area contributed by atoms with Crippen LogP contribution in [-0.4, -0.2) is 17.5 Å². The van der Waals surface area contributed by atoms with Gasteiger partial charge in [-0.2, -0.15) is 0 Å². The zero-order chi connectivity index (χ0) is 9.61. The van der Waals surface area contributed by atoms with Gasteiger partial charge in [0, 0.05) is 26.4 Å². The quantitative estimate of drug-likeness (QED) is 0.461. The summed E-state index contributed by atoms with van der Waals surface area (Å²) in [5.74, 6) is -0.822. The van der Waals surface area contributed by atoms with Gasteiger partial charge in [0.05, 0.1) is 6.61 Å². The first-order chi connectivity index (χ1) is 5.48. The molecule has 0 aromatic rings. The molecule has 1 unspecified atom stereocenters. The number of hydrogen-bond acceptors (Lipinski definition) is 4. The number of phosphoric acid groups is 1. The van der Waals surface area contributed by atoms with E-state index in [1.807, 2.05) is 6.92 Å². The molecule has 0 aliphatic rings. The fourth-order valence-electron chi connectivity index (χ4n) is 0.513. The van der Waals surface area contributed by atoms with Gasteiger partial charge in [0.2, 0.25) is 0 Å². The van der Waals surface area contributed by atoms with Gasteiger partial charge in [-0.25, -0.2) is 4.57 Å². The molecule has 0 spiro atoms. The standard InChI is InChI=1S/C6H13O5P.Zn/c1-3-4-5-10-12(8,9)11-6(2)7;/h3-5H2,1-2H3,(H,8,9);. The zero-order valence-corrected chi connectivity index (χ0v) is 11.7. The molecule has 74 valence electrons. The van der Waals surface area contributed by atoms with Gasteiger partial charge in [0.25, 0.3) is 0 Å². The molecule has 1 N–H and O–H groups in total. The van der Waals surface area contributed by atoms with E-state index in [2.05, 4.69) is 9.05 Å². The Morgan fingerprint density at radius 1 is 1.54 bits per heavy atom. The van der Waals surface area contributed by atoms with Crippen LogP contribution in [-0.2, 0) is 37.9 Å². The van der Waals surface area contributed by atoms with E-state index < -0.39 is 13.8 Å². The summed E-state index contributed by atoms with van der Waals surface area (Å²) in [7, 11) is -4.13. The summed E-state index contributed by atoms with van der Waals surface area (Å²) in [6.45, 7) is 3.08. The van der Waals surface area contributed by atoms with Crippen molar-refractivity contribution in [3.63, 3.8) is 0 Å². The zero-order valence-electron chi connectivity index (χ0n) is 7.86. The summed E-state index contributed by atoms with van der Waals surface area (Å²) >= 11 is 0. The van der Waals surface area contributed by atoms with Gasteiger partial charge in [0.1, 0.15) is 0 Å². The minimum Gasteiger partial charge on any atom is -0.371 e. The van der Waals surface area contributed by atoms with Gasteiger partial charge in [-0.15, -0.1) is 0 Å². The minimum atomic E-state index is -4.13. The number of phosphoric ester groups is 1. The van der Waals surface area contributed by atoms with Crippen LogP contribution in [0.4, 0.5) is 0 Å². The first-order valence-corrected chi connectivity index (χ1v) is 5.15. The molecule has 0 saturated carbocycles. The topological polar surface area (TPSA) is 72.8 Å². The van der Waals surface area contributed by atoms with Crippen LogP contribution in [0.15, 0.2) is 0 Å². The largest absolute Gasteiger partial charge is 0.529 e. The molecule has 1 atom stereocenters. The maximum atomic E-state index is 10.8. The molecule has 0 aliphatic heterocycles. The van der Waals surface area contributed by atoms with Crippen LogP contribution in [0.2, 0.25) is 0 Å². The average Bonchev–Trinajstić information content (AvgIpc) is 1.84. The third-order valence-electron chi connectivity index (χ3n) is 0.996. The molecule has 0 amide bonds. The molecule has 0 saturated heterocycles. The number of rotatable bonds is 5. The molecule has 0 aliphatic carbocycles. The summed E-state index contributed by atoms with van der Waals surface area (Å²) in [6.07, 6.45) is 1.51. The van der Waals surface area contributed by atoms with Crippen LogP contribution in [0.3, 0.4) is 0 Å². The van der Waals surface area contributed by atoms with Crippen LogP contribution in [0.1, 0.15) is 26.7 Å². The van der Waals surface area contributed by atoms with E-state index in [-0.39, 0.29) is 26.1 Å². The van der Waals surface area contributed by atoms with E-state index >= 15 is 0 Å². The predicted molar refractivity (Wildman–Crippen MR) is 42.5 cm³/mol. The second-order valence-corrected chi connectivity index (χ2v) is 3.62. The Kier molecular flexibility index (Phi) is 9.22. The van der Waals surface area contributed by atoms with Crippen LogP contribution in [0.5, 0.6) is 0 Å². The van der Waals surface area contributed by atoms with E-state index in [0.717, 1.165) is 13.3 Å². The molecule has 0 aromatic heterocycles. The van der Waals surface area contributed by atoms with Gasteiger partial charge in [-0.1, -0.05) is 13.3 Å². The molecule has 0 fully saturated rings. The van der Waals surface area contributed by atoms with E-state index in [9.17, 15) is 9.36 Å². The van der Waals surface area contributed by atoms with Crippen molar-refractivity contribution in [3.8, 4) is 0 Å². The van der Waals surface area contributed by atoms with Crippen molar-refractivity contribution in [2.45, 2.75) is 26.7 Å². The van der Waals surface area contributed by atoms with Gasteiger partial charge >= 0.3 is 13.8 Å². The van der Waals surface area contributed by atoms with E-state index in [1.165, 1.54) is 0 Å². The van der Waals surface area contributed by atoms with Crippen molar-refractivity contribution in [2.75, 3.05) is 6.61 Å². The van der Waals surface area contributed by atoms with Crippen molar-refractivity contribution in [1.82, 2.24) is 0 Å². The maximum absolute atomic E-state index is 10.8.